The largest absolute Gasteiger partial charge is 0.497 e. The molecule has 25 heavy (non-hydrogen) atoms. The van der Waals surface area contributed by atoms with Crippen molar-refractivity contribution in [3.63, 3.8) is 0 Å². The van der Waals surface area contributed by atoms with Crippen LogP contribution < -0.4 is 4.74 Å². The number of piperidine rings is 1. The van der Waals surface area contributed by atoms with E-state index in [-0.39, 0.29) is 19.0 Å². The molecule has 0 unspecified atom stereocenters. The quantitative estimate of drug-likeness (QED) is 0.745. The number of hydrogen-bond donors (Lipinski definition) is 0. The first-order valence-corrected chi connectivity index (χ1v) is 8.57. The molecule has 0 saturated carbocycles. The molecule has 0 spiro atoms. The van der Waals surface area contributed by atoms with Crippen LogP contribution in [-0.2, 0) is 19.8 Å². The van der Waals surface area contributed by atoms with Crippen molar-refractivity contribution in [2.75, 3.05) is 27.0 Å². The van der Waals surface area contributed by atoms with Crippen molar-refractivity contribution in [3.05, 3.63) is 23.0 Å². The number of ether oxygens (including phenoxy) is 4. The molecule has 0 radical (unpaired) electrons. The van der Waals surface area contributed by atoms with E-state index in [0.717, 1.165) is 0 Å². The first-order valence-electron chi connectivity index (χ1n) is 8.19. The summed E-state index contributed by atoms with van der Waals surface area (Å²) in [4.78, 5) is 18.4. The average molecular weight is 371 g/mol. The Labute approximate surface area is 152 Å². The molecule has 2 atom stereocenters. The number of aromatic nitrogens is 1. The Bertz CT molecular complexity index is 663. The predicted molar refractivity (Wildman–Crippen MR) is 90.7 cm³/mol. The highest BCUT2D eigenvalue weighted by atomic mass is 35.5. The fourth-order valence-electron chi connectivity index (χ4n) is 3.14. The van der Waals surface area contributed by atoms with Gasteiger partial charge in [-0.2, -0.15) is 0 Å². The summed E-state index contributed by atoms with van der Waals surface area (Å²) >= 11 is 6.11. The second kappa shape index (κ2) is 6.63. The molecule has 0 bridgehead atoms. The predicted octanol–water partition coefficient (Wildman–Crippen LogP) is 2.95. The van der Waals surface area contributed by atoms with Crippen molar-refractivity contribution >= 4 is 17.7 Å². The molecule has 0 aromatic carbocycles. The number of fused-ring (bicyclic) bond motifs is 1. The Kier molecular flexibility index (Phi) is 4.83. The molecule has 138 valence electrons. The van der Waals surface area contributed by atoms with E-state index in [1.165, 1.54) is 0 Å². The average Bonchev–Trinajstić information content (AvgIpc) is 2.96. The van der Waals surface area contributed by atoms with E-state index in [0.29, 0.717) is 36.1 Å². The molecular formula is C17H23ClN2O5. The maximum Gasteiger partial charge on any atom is 0.410 e. The molecule has 2 fully saturated rings. The minimum atomic E-state index is -0.739. The highest BCUT2D eigenvalue weighted by molar-refractivity contribution is 6.29. The third kappa shape index (κ3) is 3.68. The summed E-state index contributed by atoms with van der Waals surface area (Å²) in [5.74, 6) is 0.605. The number of methoxy groups -OCH3 is 1. The summed E-state index contributed by atoms with van der Waals surface area (Å²) in [5.41, 5.74) is -0.625. The third-order valence-electron chi connectivity index (χ3n) is 4.33. The Morgan fingerprint density at radius 3 is 2.88 bits per heavy atom. The number of carbonyl (C=O) groups excluding carboxylic acids is 1. The van der Waals surface area contributed by atoms with E-state index < -0.39 is 11.2 Å². The van der Waals surface area contributed by atoms with E-state index in [1.54, 1.807) is 24.1 Å². The molecule has 1 aromatic heterocycles. The van der Waals surface area contributed by atoms with E-state index in [1.807, 2.05) is 20.8 Å². The first kappa shape index (κ1) is 18.2. The number of amides is 1. The van der Waals surface area contributed by atoms with Crippen LogP contribution >= 0.6 is 11.6 Å². The lowest BCUT2D eigenvalue weighted by molar-refractivity contribution is -0.0564. The lowest BCUT2D eigenvalue weighted by Gasteiger charge is -2.41. The van der Waals surface area contributed by atoms with E-state index in [2.05, 4.69) is 4.98 Å². The van der Waals surface area contributed by atoms with Crippen LogP contribution in [0.15, 0.2) is 12.1 Å². The Hall–Kier alpha value is -1.57. The smallest absolute Gasteiger partial charge is 0.410 e. The van der Waals surface area contributed by atoms with Crippen molar-refractivity contribution in [3.8, 4) is 5.75 Å². The fraction of sp³-hybridized carbons (Fsp3) is 0.647. The zero-order valence-corrected chi connectivity index (χ0v) is 15.6. The summed E-state index contributed by atoms with van der Waals surface area (Å²) in [6.45, 7) is 6.52. The van der Waals surface area contributed by atoms with Gasteiger partial charge in [-0.1, -0.05) is 11.6 Å². The molecule has 3 heterocycles. The van der Waals surface area contributed by atoms with Gasteiger partial charge in [0.25, 0.3) is 0 Å². The molecular weight excluding hydrogens is 348 g/mol. The van der Waals surface area contributed by atoms with Crippen LogP contribution in [0.5, 0.6) is 5.75 Å². The summed E-state index contributed by atoms with van der Waals surface area (Å²) in [6.07, 6.45) is -0.161. The lowest BCUT2D eigenvalue weighted by atomic mass is 9.85. The van der Waals surface area contributed by atoms with Crippen LogP contribution in [0.2, 0.25) is 5.15 Å². The van der Waals surface area contributed by atoms with Gasteiger partial charge < -0.3 is 23.8 Å². The van der Waals surface area contributed by atoms with Gasteiger partial charge in [0.1, 0.15) is 35.0 Å². The molecule has 8 heteroatoms. The Morgan fingerprint density at radius 2 is 2.20 bits per heavy atom. The van der Waals surface area contributed by atoms with E-state index in [9.17, 15) is 4.79 Å². The number of carbonyl (C=O) groups is 1. The molecule has 1 aromatic rings. The molecule has 2 aliphatic heterocycles. The van der Waals surface area contributed by atoms with Crippen molar-refractivity contribution in [2.24, 2.45) is 0 Å². The SMILES string of the molecule is COc1cc(Cl)nc([C@]23CCN(C(=O)OC(C)(C)C)C[C@H]2OCO3)c1. The lowest BCUT2D eigenvalue weighted by Crippen LogP contribution is -2.54. The molecule has 0 aliphatic carbocycles. The summed E-state index contributed by atoms with van der Waals surface area (Å²) in [7, 11) is 1.57. The van der Waals surface area contributed by atoms with Gasteiger partial charge in [-0.3, -0.25) is 0 Å². The third-order valence-corrected chi connectivity index (χ3v) is 4.53. The maximum atomic E-state index is 12.3. The molecule has 1 amide bonds. The van der Waals surface area contributed by atoms with Gasteiger partial charge in [0.2, 0.25) is 0 Å². The zero-order chi connectivity index (χ0) is 18.2. The molecule has 2 saturated heterocycles. The first-order chi connectivity index (χ1) is 11.7. The van der Waals surface area contributed by atoms with Gasteiger partial charge in [-0.15, -0.1) is 0 Å². The van der Waals surface area contributed by atoms with Gasteiger partial charge in [-0.25, -0.2) is 9.78 Å². The topological polar surface area (TPSA) is 70.1 Å². The Morgan fingerprint density at radius 1 is 1.44 bits per heavy atom. The fourth-order valence-corrected chi connectivity index (χ4v) is 3.34. The van der Waals surface area contributed by atoms with Gasteiger partial charge in [0.05, 0.1) is 19.3 Å². The van der Waals surface area contributed by atoms with Crippen molar-refractivity contribution in [1.82, 2.24) is 9.88 Å². The van der Waals surface area contributed by atoms with Crippen LogP contribution in [0, 0.1) is 0 Å². The van der Waals surface area contributed by atoms with Crippen LogP contribution in [-0.4, -0.2) is 54.7 Å². The molecule has 3 rings (SSSR count). The van der Waals surface area contributed by atoms with Crippen molar-refractivity contribution in [2.45, 2.75) is 44.5 Å². The number of hydrogen-bond acceptors (Lipinski definition) is 6. The summed E-state index contributed by atoms with van der Waals surface area (Å²) < 4.78 is 22.4. The van der Waals surface area contributed by atoms with Gasteiger partial charge in [-0.05, 0) is 20.8 Å². The van der Waals surface area contributed by atoms with Crippen LogP contribution in [0.3, 0.4) is 0 Å². The summed E-state index contributed by atoms with van der Waals surface area (Å²) in [6, 6.07) is 3.44. The number of halogens is 1. The molecule has 2 aliphatic rings. The van der Waals surface area contributed by atoms with Crippen LogP contribution in [0.1, 0.15) is 32.9 Å². The normalized spacial score (nSPS) is 26.3. The highest BCUT2D eigenvalue weighted by Crippen LogP contribution is 2.43. The van der Waals surface area contributed by atoms with Gasteiger partial charge >= 0.3 is 6.09 Å². The van der Waals surface area contributed by atoms with Crippen molar-refractivity contribution < 1.29 is 23.7 Å². The van der Waals surface area contributed by atoms with Gasteiger partial charge in [0.15, 0.2) is 0 Å². The highest BCUT2D eigenvalue weighted by Gasteiger charge is 2.52. The second-order valence-electron chi connectivity index (χ2n) is 7.20. The minimum Gasteiger partial charge on any atom is -0.497 e. The zero-order valence-electron chi connectivity index (χ0n) is 14.9. The number of likely N-dealkylation sites (tertiary alicyclic amines) is 1. The Balaban J connectivity index is 1.82. The minimum absolute atomic E-state index is 0.142. The summed E-state index contributed by atoms with van der Waals surface area (Å²) in [5, 5.41) is 0.326. The van der Waals surface area contributed by atoms with E-state index in [4.69, 9.17) is 30.5 Å². The molecule has 7 nitrogen and oxygen atoms in total. The van der Waals surface area contributed by atoms with Crippen molar-refractivity contribution in [1.29, 1.82) is 0 Å². The number of pyridine rings is 1. The van der Waals surface area contributed by atoms with Crippen LogP contribution in [0.4, 0.5) is 4.79 Å². The maximum absolute atomic E-state index is 12.3. The van der Waals surface area contributed by atoms with E-state index >= 15 is 0 Å². The number of nitrogens with zero attached hydrogens (tertiary/aromatic N) is 2. The molecule has 0 N–H and O–H groups in total. The monoisotopic (exact) mass is 370 g/mol. The van der Waals surface area contributed by atoms with Crippen LogP contribution in [0.25, 0.3) is 0 Å². The standard InChI is InChI=1S/C17H23ClN2O5/c1-16(2,3)25-15(21)20-6-5-17(13(9-20)23-10-24-17)12-7-11(22-4)8-14(18)19-12/h7-8,13H,5-6,9-10H2,1-4H3/t13-,17-/m1/s1. The van der Waals surface area contributed by atoms with Gasteiger partial charge in [0, 0.05) is 25.1 Å². The number of rotatable bonds is 2. The second-order valence-corrected chi connectivity index (χ2v) is 7.59.